The number of aliphatic hydroxyl groups is 2. The second-order valence-corrected chi connectivity index (χ2v) is 4.20. The SMILES string of the molecule is COC(=O)CC(O)C(O)c1ccc2c(c1)OCCO2. The van der Waals surface area contributed by atoms with Crippen LogP contribution in [0.15, 0.2) is 18.2 Å². The molecule has 1 heterocycles. The fourth-order valence-electron chi connectivity index (χ4n) is 1.83. The van der Waals surface area contributed by atoms with Gasteiger partial charge in [0.2, 0.25) is 0 Å². The van der Waals surface area contributed by atoms with Crippen molar-refractivity contribution < 1.29 is 29.2 Å². The minimum Gasteiger partial charge on any atom is -0.486 e. The summed E-state index contributed by atoms with van der Waals surface area (Å²) >= 11 is 0. The Balaban J connectivity index is 2.10. The molecule has 6 heteroatoms. The molecule has 19 heavy (non-hydrogen) atoms. The second kappa shape index (κ2) is 5.90. The van der Waals surface area contributed by atoms with Crippen molar-refractivity contribution in [1.82, 2.24) is 0 Å². The van der Waals surface area contributed by atoms with Gasteiger partial charge in [0.1, 0.15) is 19.3 Å². The summed E-state index contributed by atoms with van der Waals surface area (Å²) in [5.74, 6) is 0.543. The highest BCUT2D eigenvalue weighted by molar-refractivity contribution is 5.69. The highest BCUT2D eigenvalue weighted by Crippen LogP contribution is 2.33. The largest absolute Gasteiger partial charge is 0.486 e. The zero-order valence-corrected chi connectivity index (χ0v) is 10.5. The van der Waals surface area contributed by atoms with Gasteiger partial charge in [-0.05, 0) is 17.7 Å². The Morgan fingerprint density at radius 1 is 1.32 bits per heavy atom. The Hall–Kier alpha value is -1.79. The minimum absolute atomic E-state index is 0.272. The van der Waals surface area contributed by atoms with Gasteiger partial charge in [-0.25, -0.2) is 0 Å². The summed E-state index contributed by atoms with van der Waals surface area (Å²) in [4.78, 5) is 11.1. The smallest absolute Gasteiger partial charge is 0.308 e. The fraction of sp³-hybridized carbons (Fsp3) is 0.462. The number of hydrogen-bond donors (Lipinski definition) is 2. The summed E-state index contributed by atoms with van der Waals surface area (Å²) in [5.41, 5.74) is 0.459. The van der Waals surface area contributed by atoms with E-state index in [1.54, 1.807) is 18.2 Å². The highest BCUT2D eigenvalue weighted by atomic mass is 16.6. The van der Waals surface area contributed by atoms with Crippen molar-refractivity contribution in [3.63, 3.8) is 0 Å². The molecule has 2 unspecified atom stereocenters. The van der Waals surface area contributed by atoms with Crippen molar-refractivity contribution >= 4 is 5.97 Å². The van der Waals surface area contributed by atoms with Crippen LogP contribution >= 0.6 is 0 Å². The maximum atomic E-state index is 11.1. The van der Waals surface area contributed by atoms with Crippen molar-refractivity contribution in [2.45, 2.75) is 18.6 Å². The van der Waals surface area contributed by atoms with Crippen molar-refractivity contribution in [1.29, 1.82) is 0 Å². The molecule has 0 aromatic heterocycles. The van der Waals surface area contributed by atoms with Crippen LogP contribution in [0.25, 0.3) is 0 Å². The third kappa shape index (κ3) is 3.15. The quantitative estimate of drug-likeness (QED) is 0.770. The van der Waals surface area contributed by atoms with Crippen LogP contribution in [0.4, 0.5) is 0 Å². The summed E-state index contributed by atoms with van der Waals surface area (Å²) in [7, 11) is 1.23. The Bertz CT molecular complexity index is 458. The zero-order chi connectivity index (χ0) is 13.8. The lowest BCUT2D eigenvalue weighted by molar-refractivity contribution is -0.144. The number of methoxy groups -OCH3 is 1. The van der Waals surface area contributed by atoms with Crippen LogP contribution in [-0.2, 0) is 9.53 Å². The number of hydrogen-bond acceptors (Lipinski definition) is 6. The number of esters is 1. The minimum atomic E-state index is -1.23. The van der Waals surface area contributed by atoms with E-state index in [9.17, 15) is 15.0 Å². The van der Waals surface area contributed by atoms with Gasteiger partial charge in [0.25, 0.3) is 0 Å². The number of rotatable bonds is 4. The summed E-state index contributed by atoms with van der Waals surface area (Å²) in [5, 5.41) is 19.7. The van der Waals surface area contributed by atoms with Crippen LogP contribution in [0.1, 0.15) is 18.1 Å². The third-order valence-corrected chi connectivity index (χ3v) is 2.88. The van der Waals surface area contributed by atoms with Crippen molar-refractivity contribution in [2.75, 3.05) is 20.3 Å². The molecule has 0 spiro atoms. The van der Waals surface area contributed by atoms with Gasteiger partial charge in [-0.1, -0.05) is 6.07 Å². The molecule has 1 aliphatic heterocycles. The van der Waals surface area contributed by atoms with Gasteiger partial charge in [-0.15, -0.1) is 0 Å². The maximum Gasteiger partial charge on any atom is 0.308 e. The van der Waals surface area contributed by atoms with E-state index in [2.05, 4.69) is 4.74 Å². The average molecular weight is 268 g/mol. The molecule has 0 saturated heterocycles. The second-order valence-electron chi connectivity index (χ2n) is 4.20. The van der Waals surface area contributed by atoms with Crippen LogP contribution in [-0.4, -0.2) is 42.6 Å². The summed E-state index contributed by atoms with van der Waals surface area (Å²) < 4.78 is 15.2. The molecular formula is C13H16O6. The number of aliphatic hydroxyl groups excluding tert-OH is 2. The normalized spacial score (nSPS) is 16.6. The van der Waals surface area contributed by atoms with E-state index in [1.807, 2.05) is 0 Å². The molecule has 6 nitrogen and oxygen atoms in total. The van der Waals surface area contributed by atoms with E-state index in [-0.39, 0.29) is 6.42 Å². The molecule has 0 bridgehead atoms. The van der Waals surface area contributed by atoms with Gasteiger partial charge in [-0.2, -0.15) is 0 Å². The Morgan fingerprint density at radius 3 is 2.68 bits per heavy atom. The number of carbonyl (C=O) groups excluding carboxylic acids is 1. The lowest BCUT2D eigenvalue weighted by atomic mass is 10.0. The van der Waals surface area contributed by atoms with Gasteiger partial charge in [0, 0.05) is 0 Å². The molecule has 104 valence electrons. The predicted molar refractivity (Wildman–Crippen MR) is 65.0 cm³/mol. The van der Waals surface area contributed by atoms with E-state index in [0.717, 1.165) is 0 Å². The molecule has 0 aliphatic carbocycles. The number of carbonyl (C=O) groups is 1. The monoisotopic (exact) mass is 268 g/mol. The maximum absolute atomic E-state index is 11.1. The molecule has 0 radical (unpaired) electrons. The van der Waals surface area contributed by atoms with Gasteiger partial charge < -0.3 is 24.4 Å². The topological polar surface area (TPSA) is 85.2 Å². The molecule has 1 aromatic rings. The molecule has 2 N–H and O–H groups in total. The third-order valence-electron chi connectivity index (χ3n) is 2.88. The van der Waals surface area contributed by atoms with E-state index < -0.39 is 18.2 Å². The number of ether oxygens (including phenoxy) is 3. The van der Waals surface area contributed by atoms with Crippen LogP contribution in [0.5, 0.6) is 11.5 Å². The summed E-state index contributed by atoms with van der Waals surface area (Å²) in [6, 6.07) is 4.89. The van der Waals surface area contributed by atoms with E-state index >= 15 is 0 Å². The Morgan fingerprint density at radius 2 is 2.00 bits per heavy atom. The molecule has 1 aliphatic rings. The first kappa shape index (κ1) is 13.6. The molecular weight excluding hydrogens is 252 g/mol. The lowest BCUT2D eigenvalue weighted by Crippen LogP contribution is -2.23. The average Bonchev–Trinajstić information content (AvgIpc) is 2.45. The zero-order valence-electron chi connectivity index (χ0n) is 10.5. The van der Waals surface area contributed by atoms with Crippen molar-refractivity contribution in [2.24, 2.45) is 0 Å². The van der Waals surface area contributed by atoms with Crippen LogP contribution in [0.3, 0.4) is 0 Å². The number of benzene rings is 1. The van der Waals surface area contributed by atoms with Gasteiger partial charge in [-0.3, -0.25) is 4.79 Å². The molecule has 2 atom stereocenters. The fourth-order valence-corrected chi connectivity index (χ4v) is 1.83. The molecule has 0 fully saturated rings. The molecule has 2 rings (SSSR count). The van der Waals surface area contributed by atoms with Crippen LogP contribution in [0, 0.1) is 0 Å². The van der Waals surface area contributed by atoms with E-state index in [1.165, 1.54) is 7.11 Å². The standard InChI is InChI=1S/C13H16O6/c1-17-12(15)7-9(14)13(16)8-2-3-10-11(6-8)19-5-4-18-10/h2-3,6,9,13-14,16H,4-5,7H2,1H3. The van der Waals surface area contributed by atoms with Gasteiger partial charge >= 0.3 is 5.97 Å². The van der Waals surface area contributed by atoms with Gasteiger partial charge in [0.15, 0.2) is 11.5 Å². The number of fused-ring (bicyclic) bond motifs is 1. The lowest BCUT2D eigenvalue weighted by Gasteiger charge is -2.22. The molecule has 0 saturated carbocycles. The van der Waals surface area contributed by atoms with Crippen LogP contribution < -0.4 is 9.47 Å². The Labute approximate surface area is 110 Å². The van der Waals surface area contributed by atoms with Crippen LogP contribution in [0.2, 0.25) is 0 Å². The van der Waals surface area contributed by atoms with E-state index in [4.69, 9.17) is 9.47 Å². The first-order valence-electron chi connectivity index (χ1n) is 5.94. The highest BCUT2D eigenvalue weighted by Gasteiger charge is 2.23. The molecule has 1 aromatic carbocycles. The summed E-state index contributed by atoms with van der Waals surface area (Å²) in [6.07, 6.45) is -2.68. The Kier molecular flexibility index (Phi) is 4.24. The molecule has 0 amide bonds. The first-order chi connectivity index (χ1) is 9.11. The predicted octanol–water partition coefficient (Wildman–Crippen LogP) is 0.415. The summed E-state index contributed by atoms with van der Waals surface area (Å²) in [6.45, 7) is 0.928. The van der Waals surface area contributed by atoms with Gasteiger partial charge in [0.05, 0.1) is 19.6 Å². The van der Waals surface area contributed by atoms with Crippen molar-refractivity contribution in [3.05, 3.63) is 23.8 Å². The first-order valence-corrected chi connectivity index (χ1v) is 5.94. The van der Waals surface area contributed by atoms with E-state index in [0.29, 0.717) is 30.3 Å². The van der Waals surface area contributed by atoms with Crippen molar-refractivity contribution in [3.8, 4) is 11.5 Å².